The molecule has 1 aliphatic rings. The zero-order valence-electron chi connectivity index (χ0n) is 32.6. The first-order valence-electron chi connectivity index (χ1n) is 20.6. The third-order valence-corrected chi connectivity index (χ3v) is 9.25. The van der Waals surface area contributed by atoms with Crippen molar-refractivity contribution in [3.05, 3.63) is 36.5 Å². The summed E-state index contributed by atoms with van der Waals surface area (Å²) in [6.45, 7) is 3.32. The minimum atomic E-state index is -1.60. The molecule has 2 unspecified atom stereocenters. The maximum atomic E-state index is 12.7. The Morgan fingerprint density at radius 1 is 0.596 bits per heavy atom. The number of hydrogen-bond acceptors (Lipinski definition) is 10. The second-order valence-electron chi connectivity index (χ2n) is 14.1. The van der Waals surface area contributed by atoms with E-state index in [1.807, 2.05) is 0 Å². The summed E-state index contributed by atoms with van der Waals surface area (Å²) >= 11 is 0. The van der Waals surface area contributed by atoms with Crippen LogP contribution in [-0.4, -0.2) is 89.0 Å². The van der Waals surface area contributed by atoms with Gasteiger partial charge in [-0.15, -0.1) is 0 Å². The third kappa shape index (κ3) is 25.0. The molecule has 1 saturated heterocycles. The molecule has 302 valence electrons. The van der Waals surface area contributed by atoms with Crippen LogP contribution >= 0.6 is 0 Å². The van der Waals surface area contributed by atoms with Gasteiger partial charge in [0.25, 0.3) is 0 Å². The molecule has 0 aromatic heterocycles. The standard InChI is InChI=1S/C42H74O10/c1-3-5-7-9-11-13-15-17-19-20-22-24-26-28-30-37(44)49-33-35(34-50-42-41(48)40(47)39(46)36(32-43)52-42)51-38(45)31-29-27-25-23-21-18-16-14-12-10-8-6-4-2/h9,11,14-17,35-36,39-43,46-48H,3-8,10,12-13,18-34H2,1-2H3/b11-9+,16-14+,17-15+/t35-,36-,39+,40?,41?,42-/m0/s1. The van der Waals surface area contributed by atoms with E-state index in [1.165, 1.54) is 38.5 Å². The molecule has 0 bridgehead atoms. The number of esters is 2. The van der Waals surface area contributed by atoms with Crippen molar-refractivity contribution < 1.29 is 49.0 Å². The van der Waals surface area contributed by atoms with Gasteiger partial charge in [0, 0.05) is 12.8 Å². The fraction of sp³-hybridized carbons (Fsp3) is 0.810. The van der Waals surface area contributed by atoms with E-state index in [0.29, 0.717) is 12.8 Å². The van der Waals surface area contributed by atoms with Gasteiger partial charge >= 0.3 is 11.9 Å². The van der Waals surface area contributed by atoms with Gasteiger partial charge in [0.1, 0.15) is 31.0 Å². The summed E-state index contributed by atoms with van der Waals surface area (Å²) in [4.78, 5) is 25.2. The highest BCUT2D eigenvalue weighted by Crippen LogP contribution is 2.22. The van der Waals surface area contributed by atoms with E-state index < -0.39 is 55.4 Å². The molecule has 0 radical (unpaired) electrons. The van der Waals surface area contributed by atoms with Crippen LogP contribution in [0.2, 0.25) is 0 Å². The summed E-state index contributed by atoms with van der Waals surface area (Å²) in [6, 6.07) is 0. The summed E-state index contributed by atoms with van der Waals surface area (Å²) in [7, 11) is 0. The van der Waals surface area contributed by atoms with E-state index in [-0.39, 0.29) is 26.1 Å². The van der Waals surface area contributed by atoms with E-state index in [9.17, 15) is 30.0 Å². The average Bonchev–Trinajstić information content (AvgIpc) is 3.14. The van der Waals surface area contributed by atoms with Gasteiger partial charge in [-0.05, 0) is 64.2 Å². The molecule has 0 aromatic carbocycles. The van der Waals surface area contributed by atoms with Crippen LogP contribution in [0.15, 0.2) is 36.5 Å². The van der Waals surface area contributed by atoms with E-state index in [4.69, 9.17) is 18.9 Å². The topological polar surface area (TPSA) is 152 Å². The van der Waals surface area contributed by atoms with E-state index >= 15 is 0 Å². The lowest BCUT2D eigenvalue weighted by Gasteiger charge is -2.39. The number of allylic oxidation sites excluding steroid dienone is 6. The zero-order chi connectivity index (χ0) is 38.1. The van der Waals surface area contributed by atoms with Crippen molar-refractivity contribution in [2.24, 2.45) is 0 Å². The zero-order valence-corrected chi connectivity index (χ0v) is 32.6. The smallest absolute Gasteiger partial charge is 0.306 e. The molecule has 10 heteroatoms. The minimum absolute atomic E-state index is 0.216. The predicted octanol–water partition coefficient (Wildman–Crippen LogP) is 7.94. The molecule has 52 heavy (non-hydrogen) atoms. The number of unbranched alkanes of at least 4 members (excludes halogenated alkanes) is 16. The average molecular weight is 739 g/mol. The Bertz CT molecular complexity index is 949. The maximum Gasteiger partial charge on any atom is 0.306 e. The molecule has 1 aliphatic heterocycles. The number of rotatable bonds is 33. The summed E-state index contributed by atoms with van der Waals surface area (Å²) in [5.74, 6) is -0.835. The Labute approximate surface area is 315 Å². The first-order valence-corrected chi connectivity index (χ1v) is 20.6. The number of aliphatic hydroxyl groups excluding tert-OH is 4. The number of carbonyl (C=O) groups is 2. The second-order valence-corrected chi connectivity index (χ2v) is 14.1. The molecule has 1 rings (SSSR count). The largest absolute Gasteiger partial charge is 0.462 e. The lowest BCUT2D eigenvalue weighted by atomic mass is 9.99. The van der Waals surface area contributed by atoms with Crippen molar-refractivity contribution >= 4 is 11.9 Å². The molecule has 0 aliphatic carbocycles. The van der Waals surface area contributed by atoms with E-state index in [2.05, 4.69) is 50.3 Å². The predicted molar refractivity (Wildman–Crippen MR) is 206 cm³/mol. The molecule has 4 N–H and O–H groups in total. The van der Waals surface area contributed by atoms with Gasteiger partial charge in [-0.2, -0.15) is 0 Å². The van der Waals surface area contributed by atoms with E-state index in [0.717, 1.165) is 83.5 Å². The fourth-order valence-electron chi connectivity index (χ4n) is 5.90. The molecule has 1 fully saturated rings. The number of carbonyl (C=O) groups excluding carboxylic acids is 2. The molecular formula is C42H74O10. The Balaban J connectivity index is 2.39. The van der Waals surface area contributed by atoms with Gasteiger partial charge < -0.3 is 39.4 Å². The molecule has 0 amide bonds. The lowest BCUT2D eigenvalue weighted by Crippen LogP contribution is -2.59. The molecule has 0 spiro atoms. The number of hydrogen-bond donors (Lipinski definition) is 4. The highest BCUT2D eigenvalue weighted by atomic mass is 16.7. The van der Waals surface area contributed by atoms with Gasteiger partial charge in [0.15, 0.2) is 12.4 Å². The van der Waals surface area contributed by atoms with Crippen LogP contribution in [0.1, 0.15) is 162 Å². The highest BCUT2D eigenvalue weighted by Gasteiger charge is 2.44. The summed E-state index contributed by atoms with van der Waals surface area (Å²) in [6.07, 6.45) is 28.6. The van der Waals surface area contributed by atoms with Crippen LogP contribution in [0, 0.1) is 0 Å². The van der Waals surface area contributed by atoms with E-state index in [1.54, 1.807) is 0 Å². The summed E-state index contributed by atoms with van der Waals surface area (Å²) in [5, 5.41) is 40.0. The van der Waals surface area contributed by atoms with Crippen LogP contribution in [0.5, 0.6) is 0 Å². The monoisotopic (exact) mass is 739 g/mol. The van der Waals surface area contributed by atoms with Crippen molar-refractivity contribution in [1.29, 1.82) is 0 Å². The molecule has 0 aromatic rings. The van der Waals surface area contributed by atoms with Gasteiger partial charge in [-0.1, -0.05) is 121 Å². The van der Waals surface area contributed by atoms with Crippen LogP contribution in [0.3, 0.4) is 0 Å². The van der Waals surface area contributed by atoms with Crippen molar-refractivity contribution in [2.45, 2.75) is 198 Å². The Morgan fingerprint density at radius 2 is 1.10 bits per heavy atom. The lowest BCUT2D eigenvalue weighted by molar-refractivity contribution is -0.305. The number of aliphatic hydroxyl groups is 4. The minimum Gasteiger partial charge on any atom is -0.462 e. The van der Waals surface area contributed by atoms with Crippen LogP contribution in [-0.2, 0) is 28.5 Å². The van der Waals surface area contributed by atoms with Crippen molar-refractivity contribution in [3.63, 3.8) is 0 Å². The van der Waals surface area contributed by atoms with Crippen LogP contribution in [0.4, 0.5) is 0 Å². The van der Waals surface area contributed by atoms with Crippen LogP contribution < -0.4 is 0 Å². The Hall–Kier alpha value is -2.08. The van der Waals surface area contributed by atoms with Gasteiger partial charge in [0.05, 0.1) is 13.2 Å². The van der Waals surface area contributed by atoms with Gasteiger partial charge in [-0.3, -0.25) is 9.59 Å². The third-order valence-electron chi connectivity index (χ3n) is 9.25. The quantitative estimate of drug-likeness (QED) is 0.0297. The highest BCUT2D eigenvalue weighted by molar-refractivity contribution is 5.70. The molecule has 0 saturated carbocycles. The molecular weight excluding hydrogens is 664 g/mol. The van der Waals surface area contributed by atoms with Crippen molar-refractivity contribution in [3.8, 4) is 0 Å². The summed E-state index contributed by atoms with van der Waals surface area (Å²) < 4.78 is 22.1. The fourth-order valence-corrected chi connectivity index (χ4v) is 5.90. The second kappa shape index (κ2) is 33.5. The number of ether oxygens (including phenoxy) is 4. The van der Waals surface area contributed by atoms with Crippen molar-refractivity contribution in [2.75, 3.05) is 19.8 Å². The molecule has 10 nitrogen and oxygen atoms in total. The molecule has 6 atom stereocenters. The van der Waals surface area contributed by atoms with Crippen LogP contribution in [0.25, 0.3) is 0 Å². The normalized spacial score (nSPS) is 21.4. The first-order chi connectivity index (χ1) is 25.3. The Kier molecular flexibility index (Phi) is 30.9. The summed E-state index contributed by atoms with van der Waals surface area (Å²) in [5.41, 5.74) is 0. The SMILES string of the molecule is CCCC/C=C/C/C=C/CCCCCCCC(=O)OC[C@@H](CO[C@H]1O[C@@H](CO)[C@@H](O)C(O)C1O)OC(=O)CCCCCCC/C=C/CCCCCC. The first kappa shape index (κ1) is 47.9. The Morgan fingerprint density at radius 3 is 1.67 bits per heavy atom. The van der Waals surface area contributed by atoms with Gasteiger partial charge in [0.2, 0.25) is 0 Å². The maximum absolute atomic E-state index is 12.7. The van der Waals surface area contributed by atoms with Crippen molar-refractivity contribution in [1.82, 2.24) is 0 Å². The molecule has 1 heterocycles. The van der Waals surface area contributed by atoms with Gasteiger partial charge in [-0.25, -0.2) is 0 Å².